The van der Waals surface area contributed by atoms with Crippen LogP contribution in [0.15, 0.2) is 27.7 Å². The molecule has 0 spiro atoms. The minimum Gasteiger partial charge on any atom is -0.478 e. The minimum atomic E-state index is -1.49. The van der Waals surface area contributed by atoms with Gasteiger partial charge in [0.25, 0.3) is 5.69 Å². The number of hydrogen-bond donors (Lipinski definition) is 1. The van der Waals surface area contributed by atoms with Gasteiger partial charge in [0.1, 0.15) is 12.1 Å². The van der Waals surface area contributed by atoms with Gasteiger partial charge in [0.15, 0.2) is 4.34 Å². The van der Waals surface area contributed by atoms with Crippen LogP contribution in [-0.2, 0) is 0 Å². The van der Waals surface area contributed by atoms with E-state index in [1.165, 1.54) is 6.33 Å². The number of halogens is 1. The standard InChI is InChI=1S/C9H4FN3O4S2/c10-5-2-6(13(16)17)7(1-4(5)8(14)15)18-9-11-3-12-19-9/h1-3H,(H,14,15). The van der Waals surface area contributed by atoms with Crippen molar-refractivity contribution in [2.24, 2.45) is 0 Å². The molecule has 1 N–H and O–H groups in total. The molecule has 1 aromatic heterocycles. The molecule has 0 radical (unpaired) electrons. The minimum absolute atomic E-state index is 0.000509. The van der Waals surface area contributed by atoms with Crippen molar-refractivity contribution >= 4 is 35.0 Å². The van der Waals surface area contributed by atoms with Crippen molar-refractivity contribution in [1.29, 1.82) is 0 Å². The average Bonchev–Trinajstić information content (AvgIpc) is 2.83. The fraction of sp³-hybridized carbons (Fsp3) is 0. The summed E-state index contributed by atoms with van der Waals surface area (Å²) < 4.78 is 17.5. The Morgan fingerprint density at radius 1 is 1.53 bits per heavy atom. The van der Waals surface area contributed by atoms with E-state index in [0.29, 0.717) is 10.4 Å². The van der Waals surface area contributed by atoms with E-state index in [0.717, 1.165) is 29.4 Å². The average molecular weight is 301 g/mol. The Bertz CT molecular complexity index is 647. The van der Waals surface area contributed by atoms with Crippen LogP contribution < -0.4 is 0 Å². The van der Waals surface area contributed by atoms with Crippen LogP contribution in [0.4, 0.5) is 10.1 Å². The smallest absolute Gasteiger partial charge is 0.338 e. The van der Waals surface area contributed by atoms with E-state index in [9.17, 15) is 19.3 Å². The van der Waals surface area contributed by atoms with Gasteiger partial charge < -0.3 is 5.11 Å². The second kappa shape index (κ2) is 5.28. The van der Waals surface area contributed by atoms with E-state index >= 15 is 0 Å². The van der Waals surface area contributed by atoms with E-state index in [-0.39, 0.29) is 4.90 Å². The Hall–Kier alpha value is -2.07. The Morgan fingerprint density at radius 2 is 2.26 bits per heavy atom. The molecular weight excluding hydrogens is 297 g/mol. The number of aromatic nitrogens is 2. The van der Waals surface area contributed by atoms with Crippen LogP contribution in [0.5, 0.6) is 0 Å². The molecule has 0 saturated carbocycles. The highest BCUT2D eigenvalue weighted by atomic mass is 32.2. The molecule has 1 aromatic carbocycles. The van der Waals surface area contributed by atoms with Crippen molar-refractivity contribution < 1.29 is 19.2 Å². The third-order valence-corrected chi connectivity index (χ3v) is 3.78. The van der Waals surface area contributed by atoms with Gasteiger partial charge >= 0.3 is 5.97 Å². The van der Waals surface area contributed by atoms with Crippen molar-refractivity contribution in [2.75, 3.05) is 0 Å². The van der Waals surface area contributed by atoms with Gasteiger partial charge in [0.2, 0.25) is 0 Å². The summed E-state index contributed by atoms with van der Waals surface area (Å²) in [7, 11) is 0. The molecule has 1 heterocycles. The number of nitro benzene ring substituents is 1. The summed E-state index contributed by atoms with van der Waals surface area (Å²) in [4.78, 5) is 24.7. The largest absolute Gasteiger partial charge is 0.478 e. The SMILES string of the molecule is O=C(O)c1cc(Sc2ncns2)c([N+](=O)[O-])cc1F. The van der Waals surface area contributed by atoms with Crippen LogP contribution in [0, 0.1) is 15.9 Å². The highest BCUT2D eigenvalue weighted by Gasteiger charge is 2.23. The van der Waals surface area contributed by atoms with Crippen LogP contribution in [0.3, 0.4) is 0 Å². The summed E-state index contributed by atoms with van der Waals surface area (Å²) in [6.45, 7) is 0. The fourth-order valence-corrected chi connectivity index (χ4v) is 2.76. The summed E-state index contributed by atoms with van der Waals surface area (Å²) in [5.74, 6) is -2.65. The van der Waals surface area contributed by atoms with Gasteiger partial charge in [-0.25, -0.2) is 14.2 Å². The molecule has 0 unspecified atom stereocenters. The molecule has 2 aromatic rings. The third kappa shape index (κ3) is 2.85. The first-order chi connectivity index (χ1) is 8.99. The zero-order valence-corrected chi connectivity index (χ0v) is 10.6. The third-order valence-electron chi connectivity index (χ3n) is 2.01. The van der Waals surface area contributed by atoms with Crippen molar-refractivity contribution in [3.63, 3.8) is 0 Å². The molecule has 0 aliphatic heterocycles. The zero-order chi connectivity index (χ0) is 14.0. The molecule has 19 heavy (non-hydrogen) atoms. The van der Waals surface area contributed by atoms with Crippen LogP contribution in [-0.4, -0.2) is 25.4 Å². The predicted octanol–water partition coefficient (Wildman–Crippen LogP) is 2.43. The topological polar surface area (TPSA) is 106 Å². The summed E-state index contributed by atoms with van der Waals surface area (Å²) in [6, 6.07) is 1.51. The molecule has 98 valence electrons. The van der Waals surface area contributed by atoms with Crippen molar-refractivity contribution in [3.05, 3.63) is 40.0 Å². The van der Waals surface area contributed by atoms with Crippen molar-refractivity contribution in [3.8, 4) is 0 Å². The highest BCUT2D eigenvalue weighted by molar-refractivity contribution is 8.01. The first-order valence-corrected chi connectivity index (χ1v) is 6.24. The number of nitrogens with zero attached hydrogens (tertiary/aromatic N) is 3. The fourth-order valence-electron chi connectivity index (χ4n) is 1.23. The lowest BCUT2D eigenvalue weighted by molar-refractivity contribution is -0.387. The molecule has 0 saturated heterocycles. The van der Waals surface area contributed by atoms with E-state index < -0.39 is 28.0 Å². The van der Waals surface area contributed by atoms with Gasteiger partial charge in [-0.05, 0) is 17.6 Å². The van der Waals surface area contributed by atoms with E-state index in [2.05, 4.69) is 9.36 Å². The molecule has 2 rings (SSSR count). The lowest BCUT2D eigenvalue weighted by atomic mass is 10.2. The van der Waals surface area contributed by atoms with Gasteiger partial charge in [-0.15, -0.1) is 0 Å². The Labute approximate surface area is 113 Å². The molecule has 7 nitrogen and oxygen atoms in total. The van der Waals surface area contributed by atoms with E-state index in [1.54, 1.807) is 0 Å². The number of hydrogen-bond acceptors (Lipinski definition) is 7. The van der Waals surface area contributed by atoms with Gasteiger partial charge in [-0.1, -0.05) is 11.8 Å². The number of nitro groups is 1. The normalized spacial score (nSPS) is 10.4. The monoisotopic (exact) mass is 301 g/mol. The van der Waals surface area contributed by atoms with Crippen molar-refractivity contribution in [1.82, 2.24) is 9.36 Å². The zero-order valence-electron chi connectivity index (χ0n) is 8.94. The first-order valence-electron chi connectivity index (χ1n) is 4.65. The second-order valence-electron chi connectivity index (χ2n) is 3.17. The summed E-state index contributed by atoms with van der Waals surface area (Å²) >= 11 is 1.86. The quantitative estimate of drug-likeness (QED) is 0.682. The summed E-state index contributed by atoms with van der Waals surface area (Å²) in [6.07, 6.45) is 1.26. The first kappa shape index (κ1) is 13.4. The Balaban J connectivity index is 2.52. The number of aromatic carboxylic acids is 1. The Morgan fingerprint density at radius 3 is 2.79 bits per heavy atom. The maximum absolute atomic E-state index is 13.4. The molecule has 0 aliphatic carbocycles. The van der Waals surface area contributed by atoms with Gasteiger partial charge in [-0.2, -0.15) is 4.37 Å². The van der Waals surface area contributed by atoms with Gasteiger partial charge in [0, 0.05) is 0 Å². The molecule has 10 heteroatoms. The molecule has 0 atom stereocenters. The molecule has 0 bridgehead atoms. The Kier molecular flexibility index (Phi) is 3.71. The van der Waals surface area contributed by atoms with Crippen molar-refractivity contribution in [2.45, 2.75) is 9.24 Å². The van der Waals surface area contributed by atoms with Crippen LogP contribution in [0.2, 0.25) is 0 Å². The predicted molar refractivity (Wildman–Crippen MR) is 64.0 cm³/mol. The lowest BCUT2D eigenvalue weighted by Crippen LogP contribution is -2.03. The second-order valence-corrected chi connectivity index (χ2v) is 5.24. The molecule has 0 fully saturated rings. The number of rotatable bonds is 4. The maximum atomic E-state index is 13.4. The number of carboxylic acid groups (broad SMARTS) is 1. The highest BCUT2D eigenvalue weighted by Crippen LogP contribution is 2.36. The summed E-state index contributed by atoms with van der Waals surface area (Å²) in [5, 5.41) is 19.6. The molecule has 0 amide bonds. The lowest BCUT2D eigenvalue weighted by Gasteiger charge is -2.03. The van der Waals surface area contributed by atoms with Crippen LogP contribution >= 0.6 is 23.3 Å². The molecular formula is C9H4FN3O4S2. The molecule has 0 aliphatic rings. The van der Waals surface area contributed by atoms with Crippen LogP contribution in [0.1, 0.15) is 10.4 Å². The van der Waals surface area contributed by atoms with Crippen LogP contribution in [0.25, 0.3) is 0 Å². The maximum Gasteiger partial charge on any atom is 0.338 e. The van der Waals surface area contributed by atoms with Gasteiger partial charge in [-0.3, -0.25) is 10.1 Å². The van der Waals surface area contributed by atoms with E-state index in [4.69, 9.17) is 5.11 Å². The number of carboxylic acids is 1. The number of carbonyl (C=O) groups is 1. The van der Waals surface area contributed by atoms with E-state index in [1.807, 2.05) is 0 Å². The summed E-state index contributed by atoms with van der Waals surface area (Å²) in [5.41, 5.74) is -1.14. The van der Waals surface area contributed by atoms with Gasteiger partial charge in [0.05, 0.1) is 21.4 Å². The number of benzene rings is 1.